The summed E-state index contributed by atoms with van der Waals surface area (Å²) in [5, 5.41) is 15.5. The van der Waals surface area contributed by atoms with Gasteiger partial charge in [-0.2, -0.15) is 0 Å². The van der Waals surface area contributed by atoms with Crippen LogP contribution in [0.2, 0.25) is 0 Å². The number of rotatable bonds is 2. The van der Waals surface area contributed by atoms with Crippen molar-refractivity contribution >= 4 is 27.7 Å². The molecule has 5 nitrogen and oxygen atoms in total. The molecule has 0 saturated heterocycles. The SMILES string of the molecule is O=C(Nc1ccon1)c1ccc(Br)c(O)c1. The number of aromatic hydroxyl groups is 1. The summed E-state index contributed by atoms with van der Waals surface area (Å²) in [7, 11) is 0. The fraction of sp³-hybridized carbons (Fsp3) is 0. The van der Waals surface area contributed by atoms with Gasteiger partial charge in [-0.1, -0.05) is 5.16 Å². The lowest BCUT2D eigenvalue weighted by atomic mass is 10.2. The van der Waals surface area contributed by atoms with Gasteiger partial charge in [0.1, 0.15) is 12.0 Å². The van der Waals surface area contributed by atoms with Crippen LogP contribution >= 0.6 is 15.9 Å². The van der Waals surface area contributed by atoms with E-state index in [1.165, 1.54) is 18.4 Å². The van der Waals surface area contributed by atoms with Crippen molar-refractivity contribution in [1.29, 1.82) is 0 Å². The number of hydrogen-bond acceptors (Lipinski definition) is 4. The van der Waals surface area contributed by atoms with E-state index in [9.17, 15) is 9.90 Å². The van der Waals surface area contributed by atoms with Gasteiger partial charge in [-0.3, -0.25) is 4.79 Å². The Hall–Kier alpha value is -1.82. The van der Waals surface area contributed by atoms with Crippen LogP contribution < -0.4 is 5.32 Å². The Balaban J connectivity index is 2.18. The van der Waals surface area contributed by atoms with Gasteiger partial charge in [0.2, 0.25) is 0 Å². The molecule has 2 aromatic rings. The number of anilines is 1. The zero-order valence-corrected chi connectivity index (χ0v) is 9.56. The Morgan fingerprint density at radius 2 is 2.25 bits per heavy atom. The smallest absolute Gasteiger partial charge is 0.257 e. The lowest BCUT2D eigenvalue weighted by molar-refractivity contribution is 0.102. The van der Waals surface area contributed by atoms with E-state index < -0.39 is 0 Å². The average molecular weight is 283 g/mol. The summed E-state index contributed by atoms with van der Waals surface area (Å²) in [4.78, 5) is 11.7. The van der Waals surface area contributed by atoms with Crippen molar-refractivity contribution in [3.05, 3.63) is 40.6 Å². The summed E-state index contributed by atoms with van der Waals surface area (Å²) in [6.07, 6.45) is 1.36. The van der Waals surface area contributed by atoms with E-state index in [2.05, 4.69) is 30.9 Å². The number of nitrogens with zero attached hydrogens (tertiary/aromatic N) is 1. The Bertz CT molecular complexity index is 511. The maximum atomic E-state index is 11.7. The molecular weight excluding hydrogens is 276 g/mol. The van der Waals surface area contributed by atoms with Crippen molar-refractivity contribution < 1.29 is 14.4 Å². The number of phenolic OH excluding ortho intramolecular Hbond substituents is 1. The largest absolute Gasteiger partial charge is 0.507 e. The predicted molar refractivity (Wildman–Crippen MR) is 60.3 cm³/mol. The third kappa shape index (κ3) is 2.22. The molecular formula is C10H7BrN2O3. The zero-order chi connectivity index (χ0) is 11.5. The first-order valence-corrected chi connectivity index (χ1v) is 5.16. The highest BCUT2D eigenvalue weighted by Gasteiger charge is 2.09. The number of hydrogen-bond donors (Lipinski definition) is 2. The van der Waals surface area contributed by atoms with E-state index in [1.54, 1.807) is 12.1 Å². The van der Waals surface area contributed by atoms with Crippen molar-refractivity contribution in [1.82, 2.24) is 5.16 Å². The Kier molecular flexibility index (Phi) is 2.91. The minimum Gasteiger partial charge on any atom is -0.507 e. The third-order valence-electron chi connectivity index (χ3n) is 1.89. The van der Waals surface area contributed by atoms with Crippen molar-refractivity contribution in [2.24, 2.45) is 0 Å². The highest BCUT2D eigenvalue weighted by atomic mass is 79.9. The molecule has 0 radical (unpaired) electrons. The van der Waals surface area contributed by atoms with Crippen LogP contribution in [0.15, 0.2) is 39.5 Å². The number of phenols is 1. The predicted octanol–water partition coefficient (Wildman–Crippen LogP) is 2.40. The maximum Gasteiger partial charge on any atom is 0.257 e. The van der Waals surface area contributed by atoms with Crippen molar-refractivity contribution in [3.8, 4) is 5.75 Å². The van der Waals surface area contributed by atoms with Crippen LogP contribution in [0, 0.1) is 0 Å². The first kappa shape index (κ1) is 10.7. The van der Waals surface area contributed by atoms with Crippen LogP contribution in [0.25, 0.3) is 0 Å². The van der Waals surface area contributed by atoms with Gasteiger partial charge in [0.05, 0.1) is 4.47 Å². The molecule has 0 fully saturated rings. The lowest BCUT2D eigenvalue weighted by Crippen LogP contribution is -2.11. The monoisotopic (exact) mass is 282 g/mol. The molecule has 1 aromatic carbocycles. The van der Waals surface area contributed by atoms with Crippen molar-refractivity contribution in [2.45, 2.75) is 0 Å². The second kappa shape index (κ2) is 4.36. The van der Waals surface area contributed by atoms with Crippen molar-refractivity contribution in [3.63, 3.8) is 0 Å². The van der Waals surface area contributed by atoms with Gasteiger partial charge in [0.25, 0.3) is 5.91 Å². The molecule has 0 bridgehead atoms. The number of carbonyl (C=O) groups excluding carboxylic acids is 1. The standard InChI is InChI=1S/C10H7BrN2O3/c11-7-2-1-6(5-8(7)14)10(15)12-9-3-4-16-13-9/h1-5,14H,(H,12,13,15). The molecule has 0 aliphatic heterocycles. The molecule has 2 N–H and O–H groups in total. The topological polar surface area (TPSA) is 75.4 Å². The van der Waals surface area contributed by atoms with Crippen LogP contribution in [0.4, 0.5) is 5.82 Å². The Morgan fingerprint density at radius 1 is 1.44 bits per heavy atom. The number of halogens is 1. The molecule has 0 saturated carbocycles. The number of amides is 1. The van der Waals surface area contributed by atoms with E-state index in [1.807, 2.05) is 0 Å². The summed E-state index contributed by atoms with van der Waals surface area (Å²) in [5.74, 6) is -0.0306. The molecule has 1 amide bonds. The zero-order valence-electron chi connectivity index (χ0n) is 7.98. The normalized spacial score (nSPS) is 10.1. The van der Waals surface area contributed by atoms with Gasteiger partial charge in [0.15, 0.2) is 5.82 Å². The second-order valence-corrected chi connectivity index (χ2v) is 3.86. The van der Waals surface area contributed by atoms with Gasteiger partial charge in [-0.05, 0) is 34.1 Å². The molecule has 1 heterocycles. The maximum absolute atomic E-state index is 11.7. The van der Waals surface area contributed by atoms with E-state index in [0.717, 1.165) is 0 Å². The van der Waals surface area contributed by atoms with Crippen LogP contribution in [-0.2, 0) is 0 Å². The molecule has 0 aliphatic rings. The molecule has 1 aromatic heterocycles. The summed E-state index contributed by atoms with van der Waals surface area (Å²) in [6.45, 7) is 0. The minimum absolute atomic E-state index is 0.00722. The van der Waals surface area contributed by atoms with E-state index in [0.29, 0.717) is 15.9 Å². The minimum atomic E-state index is -0.364. The lowest BCUT2D eigenvalue weighted by Gasteiger charge is -2.02. The number of benzene rings is 1. The third-order valence-corrected chi connectivity index (χ3v) is 2.56. The van der Waals surface area contributed by atoms with Gasteiger partial charge < -0.3 is 14.9 Å². The summed E-state index contributed by atoms with van der Waals surface area (Å²) in [5.41, 5.74) is 0.337. The van der Waals surface area contributed by atoms with Crippen LogP contribution in [0.3, 0.4) is 0 Å². The van der Waals surface area contributed by atoms with Crippen LogP contribution in [0.5, 0.6) is 5.75 Å². The number of carbonyl (C=O) groups is 1. The highest BCUT2D eigenvalue weighted by Crippen LogP contribution is 2.24. The quantitative estimate of drug-likeness (QED) is 0.887. The summed E-state index contributed by atoms with van der Waals surface area (Å²) >= 11 is 3.13. The Labute approximate surface area is 99.2 Å². The molecule has 16 heavy (non-hydrogen) atoms. The fourth-order valence-corrected chi connectivity index (χ4v) is 1.37. The van der Waals surface area contributed by atoms with E-state index in [4.69, 9.17) is 0 Å². The summed E-state index contributed by atoms with van der Waals surface area (Å²) < 4.78 is 5.11. The molecule has 0 unspecified atom stereocenters. The second-order valence-electron chi connectivity index (χ2n) is 3.01. The number of nitrogens with one attached hydrogen (secondary N) is 1. The average Bonchev–Trinajstić information content (AvgIpc) is 2.74. The summed E-state index contributed by atoms with van der Waals surface area (Å²) in [6, 6.07) is 6.06. The van der Waals surface area contributed by atoms with Crippen molar-refractivity contribution in [2.75, 3.05) is 5.32 Å². The molecule has 2 rings (SSSR count). The first-order chi connectivity index (χ1) is 7.66. The number of aromatic nitrogens is 1. The molecule has 6 heteroatoms. The van der Waals surface area contributed by atoms with Gasteiger partial charge in [-0.15, -0.1) is 0 Å². The Morgan fingerprint density at radius 3 is 2.88 bits per heavy atom. The van der Waals surface area contributed by atoms with E-state index >= 15 is 0 Å². The van der Waals surface area contributed by atoms with Gasteiger partial charge >= 0.3 is 0 Å². The molecule has 0 spiro atoms. The molecule has 0 atom stereocenters. The van der Waals surface area contributed by atoms with Gasteiger partial charge in [0, 0.05) is 11.6 Å². The van der Waals surface area contributed by atoms with Crippen LogP contribution in [-0.4, -0.2) is 16.2 Å². The van der Waals surface area contributed by atoms with Crippen LogP contribution in [0.1, 0.15) is 10.4 Å². The molecule has 0 aliphatic carbocycles. The van der Waals surface area contributed by atoms with Gasteiger partial charge in [-0.25, -0.2) is 0 Å². The fourth-order valence-electron chi connectivity index (χ4n) is 1.12. The molecule has 82 valence electrons. The highest BCUT2D eigenvalue weighted by molar-refractivity contribution is 9.10. The first-order valence-electron chi connectivity index (χ1n) is 4.37. The van der Waals surface area contributed by atoms with E-state index in [-0.39, 0.29) is 11.7 Å².